The number of benzene rings is 1. The zero-order valence-corrected chi connectivity index (χ0v) is 15.8. The number of halogens is 2. The Kier molecular flexibility index (Phi) is 5.05. The van der Waals surface area contributed by atoms with Crippen LogP contribution < -0.4 is 10.9 Å². The molecule has 0 atom stereocenters. The second kappa shape index (κ2) is 7.26. The maximum absolute atomic E-state index is 13.1. The van der Waals surface area contributed by atoms with Crippen LogP contribution in [0, 0.1) is 10.6 Å². The van der Waals surface area contributed by atoms with Crippen LogP contribution in [-0.4, -0.2) is 25.9 Å². The number of H-pyrrole nitrogens is 1. The van der Waals surface area contributed by atoms with Crippen LogP contribution in [0.5, 0.6) is 0 Å². The van der Waals surface area contributed by atoms with Crippen LogP contribution in [0.4, 0.5) is 4.39 Å². The highest BCUT2D eigenvalue weighted by molar-refractivity contribution is 9.10. The molecule has 0 aliphatic rings. The van der Waals surface area contributed by atoms with Gasteiger partial charge < -0.3 is 9.55 Å². The van der Waals surface area contributed by atoms with Crippen molar-refractivity contribution in [2.45, 2.75) is 0 Å². The van der Waals surface area contributed by atoms with Crippen molar-refractivity contribution >= 4 is 40.0 Å². The number of hydrogen-bond donors (Lipinski definition) is 3. The van der Waals surface area contributed by atoms with Gasteiger partial charge in [-0.05, 0) is 58.5 Å². The Bertz CT molecular complexity index is 1040. The quantitative estimate of drug-likeness (QED) is 0.435. The molecule has 0 unspecified atom stereocenters. The van der Waals surface area contributed by atoms with E-state index in [1.54, 1.807) is 23.9 Å². The maximum atomic E-state index is 13.1. The van der Waals surface area contributed by atoms with Crippen molar-refractivity contribution in [1.29, 1.82) is 0 Å². The zero-order valence-electron chi connectivity index (χ0n) is 13.4. The molecule has 2 amide bonds. The molecule has 3 N–H and O–H groups in total. The lowest BCUT2D eigenvalue weighted by Gasteiger charge is -2.10. The molecule has 2 heterocycles. The van der Waals surface area contributed by atoms with Crippen molar-refractivity contribution < 1.29 is 14.0 Å². The fourth-order valence-electron chi connectivity index (χ4n) is 2.37. The van der Waals surface area contributed by atoms with Crippen molar-refractivity contribution in [1.82, 2.24) is 25.0 Å². The molecule has 0 saturated carbocycles. The van der Waals surface area contributed by atoms with E-state index in [1.165, 1.54) is 35.0 Å². The number of aryl methyl sites for hydroxylation is 1. The van der Waals surface area contributed by atoms with E-state index in [9.17, 15) is 14.0 Å². The SMILES string of the molecule is Cn1cc(Br)cc1C(=O)NNC(=O)c1c[nH]c(=S)n1-c1ccc(F)cc1. The largest absolute Gasteiger partial charge is 0.345 e. The first kappa shape index (κ1) is 18.1. The van der Waals surface area contributed by atoms with Gasteiger partial charge in [0.15, 0.2) is 4.77 Å². The summed E-state index contributed by atoms with van der Waals surface area (Å²) in [5, 5.41) is 0. The van der Waals surface area contributed by atoms with Crippen LogP contribution in [0.15, 0.2) is 47.2 Å². The summed E-state index contributed by atoms with van der Waals surface area (Å²) in [5.74, 6) is -1.46. The van der Waals surface area contributed by atoms with Gasteiger partial charge in [0.2, 0.25) is 0 Å². The molecule has 10 heteroatoms. The van der Waals surface area contributed by atoms with Crippen molar-refractivity contribution in [2.75, 3.05) is 0 Å². The van der Waals surface area contributed by atoms with E-state index in [4.69, 9.17) is 12.2 Å². The van der Waals surface area contributed by atoms with Crippen molar-refractivity contribution in [3.05, 3.63) is 69.2 Å². The second-order valence-corrected chi connectivity index (χ2v) is 6.66. The van der Waals surface area contributed by atoms with Crippen LogP contribution in [0.3, 0.4) is 0 Å². The molecule has 0 bridgehead atoms. The highest BCUT2D eigenvalue weighted by Gasteiger charge is 2.17. The Hall–Kier alpha value is -2.72. The first-order chi connectivity index (χ1) is 12.4. The monoisotopic (exact) mass is 437 g/mol. The summed E-state index contributed by atoms with van der Waals surface area (Å²) in [5.41, 5.74) is 5.73. The van der Waals surface area contributed by atoms with Crippen molar-refractivity contribution in [2.24, 2.45) is 7.05 Å². The molecule has 0 radical (unpaired) electrons. The second-order valence-electron chi connectivity index (χ2n) is 5.35. The first-order valence-corrected chi connectivity index (χ1v) is 8.56. The minimum absolute atomic E-state index is 0.162. The molecule has 3 aromatic rings. The average molecular weight is 438 g/mol. The van der Waals surface area contributed by atoms with Gasteiger partial charge >= 0.3 is 0 Å². The zero-order chi connectivity index (χ0) is 18.8. The van der Waals surface area contributed by atoms with Gasteiger partial charge in [-0.15, -0.1) is 0 Å². The first-order valence-electron chi connectivity index (χ1n) is 7.35. The molecule has 0 spiro atoms. The number of hydrazine groups is 1. The third-order valence-corrected chi connectivity index (χ3v) is 4.32. The normalized spacial score (nSPS) is 10.6. The highest BCUT2D eigenvalue weighted by Crippen LogP contribution is 2.14. The minimum Gasteiger partial charge on any atom is -0.345 e. The van der Waals surface area contributed by atoms with Gasteiger partial charge in [-0.25, -0.2) is 4.39 Å². The summed E-state index contributed by atoms with van der Waals surface area (Å²) in [4.78, 5) is 27.4. The van der Waals surface area contributed by atoms with E-state index in [0.29, 0.717) is 11.4 Å². The van der Waals surface area contributed by atoms with Gasteiger partial charge in [0.05, 0.1) is 0 Å². The molecule has 7 nitrogen and oxygen atoms in total. The molecule has 0 aliphatic heterocycles. The lowest BCUT2D eigenvalue weighted by molar-refractivity contribution is 0.0838. The smallest absolute Gasteiger partial charge is 0.288 e. The topological polar surface area (TPSA) is 83.8 Å². The summed E-state index contributed by atoms with van der Waals surface area (Å²) >= 11 is 8.45. The van der Waals surface area contributed by atoms with Crippen LogP contribution in [0.2, 0.25) is 0 Å². The van der Waals surface area contributed by atoms with E-state index in [2.05, 4.69) is 31.8 Å². The van der Waals surface area contributed by atoms with E-state index in [-0.39, 0.29) is 10.5 Å². The predicted molar refractivity (Wildman–Crippen MR) is 99.0 cm³/mol. The van der Waals surface area contributed by atoms with E-state index in [1.807, 2.05) is 0 Å². The van der Waals surface area contributed by atoms with E-state index >= 15 is 0 Å². The van der Waals surface area contributed by atoms with Crippen molar-refractivity contribution in [3.8, 4) is 5.69 Å². The number of carbonyl (C=O) groups excluding carboxylic acids is 2. The number of aromatic nitrogens is 3. The predicted octanol–water partition coefficient (Wildman–Crippen LogP) is 2.85. The standard InChI is InChI=1S/C16H13BrFN5O2S/c1-22-8-9(17)6-12(22)14(24)20-21-15(25)13-7-19-16(26)23(13)11-4-2-10(18)3-5-11/h2-8H,1H3,(H,19,26)(H,20,24)(H,21,25). The summed E-state index contributed by atoms with van der Waals surface area (Å²) in [6.07, 6.45) is 3.13. The molecule has 1 aromatic carbocycles. The summed E-state index contributed by atoms with van der Waals surface area (Å²) in [6.45, 7) is 0. The third kappa shape index (κ3) is 3.60. The van der Waals surface area contributed by atoms with Gasteiger partial charge in [0.1, 0.15) is 17.2 Å². The number of hydrogen-bond acceptors (Lipinski definition) is 3. The molecule has 0 fully saturated rings. The Morgan fingerprint density at radius 1 is 1.15 bits per heavy atom. The number of nitrogens with zero attached hydrogens (tertiary/aromatic N) is 2. The number of amides is 2. The Labute approximate surface area is 160 Å². The van der Waals surface area contributed by atoms with Crippen molar-refractivity contribution in [3.63, 3.8) is 0 Å². The number of aromatic amines is 1. The fourth-order valence-corrected chi connectivity index (χ4v) is 3.16. The van der Waals surface area contributed by atoms with Gasteiger partial charge in [0.25, 0.3) is 11.8 Å². The maximum Gasteiger partial charge on any atom is 0.288 e. The average Bonchev–Trinajstić information content (AvgIpc) is 3.15. The molecule has 134 valence electrons. The number of imidazole rings is 1. The lowest BCUT2D eigenvalue weighted by atomic mass is 10.3. The van der Waals surface area contributed by atoms with E-state index in [0.717, 1.165) is 4.47 Å². The Morgan fingerprint density at radius 2 is 1.77 bits per heavy atom. The molecule has 0 saturated heterocycles. The van der Waals surface area contributed by atoms with Gasteiger partial charge in [-0.2, -0.15) is 0 Å². The van der Waals surface area contributed by atoms with Gasteiger partial charge in [-0.1, -0.05) is 0 Å². The number of nitrogens with one attached hydrogen (secondary N) is 3. The molecule has 3 rings (SSSR count). The molecule has 0 aliphatic carbocycles. The van der Waals surface area contributed by atoms with Crippen LogP contribution in [-0.2, 0) is 7.05 Å². The molecule has 2 aromatic heterocycles. The third-order valence-electron chi connectivity index (χ3n) is 3.59. The summed E-state index contributed by atoms with van der Waals surface area (Å²) < 4.78 is 17.2. The Morgan fingerprint density at radius 3 is 2.35 bits per heavy atom. The number of carbonyl (C=O) groups is 2. The van der Waals surface area contributed by atoms with Crippen LogP contribution >= 0.6 is 28.1 Å². The highest BCUT2D eigenvalue weighted by atomic mass is 79.9. The minimum atomic E-state index is -0.580. The summed E-state index contributed by atoms with van der Waals surface area (Å²) in [7, 11) is 1.71. The molecular formula is C16H13BrFN5O2S. The Balaban J connectivity index is 1.79. The van der Waals surface area contributed by atoms with Crippen LogP contribution in [0.25, 0.3) is 5.69 Å². The molecular weight excluding hydrogens is 425 g/mol. The fraction of sp³-hybridized carbons (Fsp3) is 0.0625. The molecule has 26 heavy (non-hydrogen) atoms. The number of rotatable bonds is 3. The van der Waals surface area contributed by atoms with Gasteiger partial charge in [0, 0.05) is 29.6 Å². The van der Waals surface area contributed by atoms with E-state index < -0.39 is 17.6 Å². The van der Waals surface area contributed by atoms with Gasteiger partial charge in [-0.3, -0.25) is 25.0 Å². The summed E-state index contributed by atoms with van der Waals surface area (Å²) in [6, 6.07) is 7.14. The lowest BCUT2D eigenvalue weighted by Crippen LogP contribution is -2.42. The van der Waals surface area contributed by atoms with Crippen LogP contribution in [0.1, 0.15) is 21.0 Å².